The summed E-state index contributed by atoms with van der Waals surface area (Å²) < 4.78 is 1.11. The van der Waals surface area contributed by atoms with E-state index < -0.39 is 11.9 Å². The van der Waals surface area contributed by atoms with E-state index in [0.717, 1.165) is 16.6 Å². The van der Waals surface area contributed by atoms with E-state index >= 15 is 0 Å². The number of carboxylic acids is 1. The van der Waals surface area contributed by atoms with Crippen molar-refractivity contribution in [2.24, 2.45) is 5.92 Å². The number of hydrogen-bond acceptors (Lipinski definition) is 3. The fraction of sp³-hybridized carbons (Fsp3) is 0.571. The van der Waals surface area contributed by atoms with Crippen molar-refractivity contribution >= 4 is 39.1 Å². The first kappa shape index (κ1) is 15.5. The molecule has 6 heteroatoms. The summed E-state index contributed by atoms with van der Waals surface area (Å²) in [5, 5.41) is 9.07. The summed E-state index contributed by atoms with van der Waals surface area (Å²) in [7, 11) is 0. The molecule has 2 atom stereocenters. The molecule has 1 amide bonds. The zero-order valence-electron chi connectivity index (χ0n) is 11.3. The molecule has 1 aromatic heterocycles. The van der Waals surface area contributed by atoms with Crippen LogP contribution in [0.4, 0.5) is 0 Å². The number of carbonyl (C=O) groups excluding carboxylic acids is 1. The van der Waals surface area contributed by atoms with Gasteiger partial charge in [0.2, 0.25) is 5.91 Å². The minimum Gasteiger partial charge on any atom is -0.481 e. The van der Waals surface area contributed by atoms with E-state index in [-0.39, 0.29) is 11.9 Å². The third-order valence-corrected chi connectivity index (χ3v) is 5.52. The topological polar surface area (TPSA) is 57.6 Å². The van der Waals surface area contributed by atoms with E-state index in [9.17, 15) is 9.59 Å². The monoisotopic (exact) mass is 359 g/mol. The van der Waals surface area contributed by atoms with E-state index in [2.05, 4.69) is 22.0 Å². The highest BCUT2D eigenvalue weighted by atomic mass is 79.9. The molecule has 0 aliphatic carbocycles. The number of carboxylic acid groups (broad SMARTS) is 1. The normalized spacial score (nSPS) is 22.2. The van der Waals surface area contributed by atoms with Crippen LogP contribution in [0.15, 0.2) is 15.9 Å². The molecule has 2 rings (SSSR count). The molecule has 20 heavy (non-hydrogen) atoms. The third kappa shape index (κ3) is 3.61. The van der Waals surface area contributed by atoms with Crippen LogP contribution in [-0.2, 0) is 16.0 Å². The summed E-state index contributed by atoms with van der Waals surface area (Å²) in [6.07, 6.45) is 2.77. The second-order valence-electron chi connectivity index (χ2n) is 5.12. The highest BCUT2D eigenvalue weighted by Crippen LogP contribution is 2.26. The molecule has 2 heterocycles. The molecule has 110 valence electrons. The Kier molecular flexibility index (Phi) is 5.21. The summed E-state index contributed by atoms with van der Waals surface area (Å²) in [4.78, 5) is 26.2. The number of hydrogen-bond donors (Lipinski definition) is 1. The van der Waals surface area contributed by atoms with E-state index in [4.69, 9.17) is 5.11 Å². The molecule has 0 radical (unpaired) electrons. The molecule has 1 saturated heterocycles. The predicted molar refractivity (Wildman–Crippen MR) is 81.9 cm³/mol. The quantitative estimate of drug-likeness (QED) is 0.878. The fourth-order valence-corrected chi connectivity index (χ4v) is 4.19. The van der Waals surface area contributed by atoms with Crippen LogP contribution in [0, 0.1) is 5.92 Å². The number of thiophene rings is 1. The number of aliphatic carboxylic acids is 1. The fourth-order valence-electron chi connectivity index (χ4n) is 2.67. The lowest BCUT2D eigenvalue weighted by molar-refractivity contribution is -0.143. The molecule has 0 spiro atoms. The van der Waals surface area contributed by atoms with Gasteiger partial charge >= 0.3 is 5.97 Å². The van der Waals surface area contributed by atoms with Gasteiger partial charge < -0.3 is 10.0 Å². The summed E-state index contributed by atoms with van der Waals surface area (Å²) in [5.74, 6) is -1.12. The molecular weight excluding hydrogens is 342 g/mol. The number of halogens is 1. The molecule has 4 nitrogen and oxygen atoms in total. The maximum atomic E-state index is 12.1. The number of aryl methyl sites for hydroxylation is 1. The Morgan fingerprint density at radius 1 is 1.50 bits per heavy atom. The Morgan fingerprint density at radius 2 is 2.25 bits per heavy atom. The van der Waals surface area contributed by atoms with Gasteiger partial charge in [-0.25, -0.2) is 0 Å². The van der Waals surface area contributed by atoms with Crippen LogP contribution in [0.5, 0.6) is 0 Å². The average molecular weight is 360 g/mol. The Morgan fingerprint density at radius 3 is 2.80 bits per heavy atom. The van der Waals surface area contributed by atoms with Gasteiger partial charge in [-0.1, -0.05) is 0 Å². The highest BCUT2D eigenvalue weighted by molar-refractivity contribution is 9.11. The predicted octanol–water partition coefficient (Wildman–Crippen LogP) is 3.15. The molecule has 1 aliphatic heterocycles. The van der Waals surface area contributed by atoms with Crippen molar-refractivity contribution in [3.63, 3.8) is 0 Å². The molecular formula is C14H18BrNO3S. The van der Waals surface area contributed by atoms with Crippen molar-refractivity contribution in [3.05, 3.63) is 20.8 Å². The first-order valence-corrected chi connectivity index (χ1v) is 8.36. The van der Waals surface area contributed by atoms with Crippen LogP contribution in [0.3, 0.4) is 0 Å². The molecule has 0 aromatic carbocycles. The largest absolute Gasteiger partial charge is 0.481 e. The number of likely N-dealkylation sites (tertiary alicyclic amines) is 1. The Bertz CT molecular complexity index is 502. The van der Waals surface area contributed by atoms with E-state index in [1.807, 2.05) is 13.0 Å². The average Bonchev–Trinajstić information content (AvgIpc) is 2.95. The maximum absolute atomic E-state index is 12.1. The van der Waals surface area contributed by atoms with Gasteiger partial charge in [0.25, 0.3) is 0 Å². The van der Waals surface area contributed by atoms with Gasteiger partial charge in [-0.2, -0.15) is 0 Å². The van der Waals surface area contributed by atoms with Crippen molar-refractivity contribution in [2.45, 2.75) is 38.6 Å². The summed E-state index contributed by atoms with van der Waals surface area (Å²) >= 11 is 5.11. The van der Waals surface area contributed by atoms with Crippen LogP contribution in [-0.4, -0.2) is 34.5 Å². The number of rotatable bonds is 5. The van der Waals surface area contributed by atoms with Crippen molar-refractivity contribution in [1.82, 2.24) is 4.90 Å². The summed E-state index contributed by atoms with van der Waals surface area (Å²) in [6.45, 7) is 2.40. The van der Waals surface area contributed by atoms with Crippen LogP contribution in [0.2, 0.25) is 0 Å². The van der Waals surface area contributed by atoms with E-state index in [1.165, 1.54) is 4.88 Å². The lowest BCUT2D eigenvalue weighted by Gasteiger charge is -2.23. The van der Waals surface area contributed by atoms with Crippen LogP contribution in [0.25, 0.3) is 0 Å². The van der Waals surface area contributed by atoms with Gasteiger partial charge in [-0.05, 0) is 54.2 Å². The Balaban J connectivity index is 1.79. The zero-order chi connectivity index (χ0) is 14.7. The van der Waals surface area contributed by atoms with Crippen molar-refractivity contribution in [1.29, 1.82) is 0 Å². The van der Waals surface area contributed by atoms with Crippen LogP contribution < -0.4 is 0 Å². The van der Waals surface area contributed by atoms with Gasteiger partial charge in [-0.15, -0.1) is 11.3 Å². The molecule has 0 bridgehead atoms. The Hall–Kier alpha value is -0.880. The second kappa shape index (κ2) is 6.72. The molecule has 2 unspecified atom stereocenters. The van der Waals surface area contributed by atoms with Gasteiger partial charge in [0, 0.05) is 23.9 Å². The lowest BCUT2D eigenvalue weighted by Crippen LogP contribution is -2.37. The summed E-state index contributed by atoms with van der Waals surface area (Å²) in [6, 6.07) is 3.90. The zero-order valence-corrected chi connectivity index (χ0v) is 13.7. The van der Waals surface area contributed by atoms with Gasteiger partial charge in [0.15, 0.2) is 0 Å². The standard InChI is InChI=1S/C14H18BrNO3S/c1-9-11(14(18)19)7-8-16(9)13(17)4-2-3-10-5-6-12(15)20-10/h5-6,9,11H,2-4,7-8H2,1H3,(H,18,19). The molecule has 1 N–H and O–H groups in total. The molecule has 1 aromatic rings. The maximum Gasteiger partial charge on any atom is 0.308 e. The molecule has 0 saturated carbocycles. The highest BCUT2D eigenvalue weighted by Gasteiger charge is 2.37. The second-order valence-corrected chi connectivity index (χ2v) is 7.67. The van der Waals surface area contributed by atoms with Gasteiger partial charge in [0.05, 0.1) is 9.70 Å². The van der Waals surface area contributed by atoms with Crippen molar-refractivity contribution in [2.75, 3.05) is 6.54 Å². The molecule has 1 aliphatic rings. The number of amides is 1. The van der Waals surface area contributed by atoms with Crippen LogP contribution >= 0.6 is 27.3 Å². The first-order chi connectivity index (χ1) is 9.49. The molecule has 1 fully saturated rings. The van der Waals surface area contributed by atoms with Gasteiger partial charge in [-0.3, -0.25) is 9.59 Å². The van der Waals surface area contributed by atoms with Gasteiger partial charge in [0.1, 0.15) is 0 Å². The van der Waals surface area contributed by atoms with Crippen molar-refractivity contribution < 1.29 is 14.7 Å². The minimum atomic E-state index is -0.795. The number of carbonyl (C=O) groups is 2. The first-order valence-electron chi connectivity index (χ1n) is 6.75. The smallest absolute Gasteiger partial charge is 0.308 e. The summed E-state index contributed by atoms with van der Waals surface area (Å²) in [5.41, 5.74) is 0. The third-order valence-electron chi connectivity index (χ3n) is 3.84. The number of nitrogens with zero attached hydrogens (tertiary/aromatic N) is 1. The minimum absolute atomic E-state index is 0.0804. The van der Waals surface area contributed by atoms with E-state index in [0.29, 0.717) is 19.4 Å². The van der Waals surface area contributed by atoms with Crippen LogP contribution in [0.1, 0.15) is 31.1 Å². The SMILES string of the molecule is CC1C(C(=O)O)CCN1C(=O)CCCc1ccc(Br)s1. The van der Waals surface area contributed by atoms with Crippen molar-refractivity contribution in [3.8, 4) is 0 Å². The lowest BCUT2D eigenvalue weighted by atomic mass is 10.0. The van der Waals surface area contributed by atoms with E-state index in [1.54, 1.807) is 16.2 Å². The Labute approximate surface area is 130 Å².